The molecule has 39 heavy (non-hydrogen) atoms. The van der Waals surface area contributed by atoms with Gasteiger partial charge < -0.3 is 11.5 Å². The lowest BCUT2D eigenvalue weighted by molar-refractivity contribution is 0.481. The molecule has 0 radical (unpaired) electrons. The normalized spacial score (nSPS) is 15.9. The van der Waals surface area contributed by atoms with Gasteiger partial charge in [0.25, 0.3) is 26.2 Å². The van der Waals surface area contributed by atoms with Crippen LogP contribution in [0.2, 0.25) is 0 Å². The first kappa shape index (κ1) is 26.1. The van der Waals surface area contributed by atoms with Gasteiger partial charge in [0, 0.05) is 18.1 Å². The van der Waals surface area contributed by atoms with Gasteiger partial charge in [0.15, 0.2) is 0 Å². The zero-order valence-electron chi connectivity index (χ0n) is 19.6. The molecule has 2 aromatic carbocycles. The highest BCUT2D eigenvalue weighted by atomic mass is 32.2. The zero-order chi connectivity index (χ0) is 28.1. The fraction of sp³-hybridized carbons (Fsp3) is 0.0952. The molecule has 18 heteroatoms. The zero-order valence-corrected chi connectivity index (χ0v) is 21.2. The monoisotopic (exact) mass is 573 g/mol. The van der Waals surface area contributed by atoms with Crippen LogP contribution in [0.4, 0.5) is 11.8 Å². The van der Waals surface area contributed by atoms with E-state index in [0.717, 1.165) is 4.68 Å². The van der Waals surface area contributed by atoms with Gasteiger partial charge in [-0.15, -0.1) is 0 Å². The molecule has 1 aliphatic heterocycles. The Kier molecular flexibility index (Phi) is 6.27. The first-order valence-corrected chi connectivity index (χ1v) is 13.8. The van der Waals surface area contributed by atoms with Crippen molar-refractivity contribution >= 4 is 37.7 Å². The number of nitrogens with one attached hydrogen (secondary N) is 1. The lowest BCUT2D eigenvalue weighted by Gasteiger charge is -2.17. The van der Waals surface area contributed by atoms with E-state index in [1.165, 1.54) is 47.5 Å². The van der Waals surface area contributed by atoms with Gasteiger partial charge in [0.1, 0.15) is 12.0 Å². The number of rotatable bonds is 6. The van der Waals surface area contributed by atoms with Crippen LogP contribution in [0, 0.1) is 0 Å². The molecule has 1 unspecified atom stereocenters. The number of nitrogens with zero attached hydrogens (tertiary/aromatic N) is 6. The maximum Gasteiger partial charge on any atom is 0.351 e. The first-order valence-electron chi connectivity index (χ1n) is 10.9. The van der Waals surface area contributed by atoms with Crippen LogP contribution in [0.15, 0.2) is 74.3 Å². The van der Waals surface area contributed by atoms with Crippen molar-refractivity contribution in [3.63, 3.8) is 0 Å². The standard InChI is InChI=1S/C21H19N9O7S2/c22-17-9-15(11-3-1-5-13(7-11)38(32,33)34)27-29(17)19-24-20(26-21(31)25-19)30-18(23)10-16(28-30)12-4-2-6-14(8-12)39(35,36)37/h1-9,18H,10,22-23H2,(H,32,33,34)(H,35,36,37)(H,24,25,26,31). The molecular formula is C21H19N9O7S2. The van der Waals surface area contributed by atoms with Crippen molar-refractivity contribution in [1.29, 1.82) is 0 Å². The maximum atomic E-state index is 12.4. The second kappa shape index (κ2) is 9.36. The van der Waals surface area contributed by atoms with Gasteiger partial charge in [-0.1, -0.05) is 24.3 Å². The molecule has 2 aromatic heterocycles. The molecule has 1 aliphatic rings. The molecule has 0 aliphatic carbocycles. The van der Waals surface area contributed by atoms with E-state index in [4.69, 9.17) is 11.5 Å². The number of nitrogen functional groups attached to an aromatic ring is 1. The van der Waals surface area contributed by atoms with E-state index in [9.17, 15) is 30.7 Å². The lowest BCUT2D eigenvalue weighted by atomic mass is 10.1. The largest absolute Gasteiger partial charge is 0.383 e. The number of benzene rings is 2. The lowest BCUT2D eigenvalue weighted by Crippen LogP contribution is -2.37. The second-order valence-electron chi connectivity index (χ2n) is 8.31. The number of hydrazone groups is 1. The van der Waals surface area contributed by atoms with Gasteiger partial charge in [-0.2, -0.15) is 41.7 Å². The van der Waals surface area contributed by atoms with Crippen molar-refractivity contribution in [3.8, 4) is 17.2 Å². The topological polar surface area (TPSA) is 253 Å². The van der Waals surface area contributed by atoms with E-state index >= 15 is 0 Å². The summed E-state index contributed by atoms with van der Waals surface area (Å²) in [5.74, 6) is -0.324. The summed E-state index contributed by atoms with van der Waals surface area (Å²) < 4.78 is 65.8. The SMILES string of the molecule is Nc1cc(-c2cccc(S(=O)(=O)O)c2)nn1-c1nc(N2N=C(c3cccc(S(=O)(=O)O)c3)CC2N)nc(=O)[nH]1. The van der Waals surface area contributed by atoms with E-state index in [1.807, 2.05) is 0 Å². The smallest absolute Gasteiger partial charge is 0.351 e. The Bertz CT molecular complexity index is 1920. The highest BCUT2D eigenvalue weighted by molar-refractivity contribution is 7.86. The summed E-state index contributed by atoms with van der Waals surface area (Å²) in [6.45, 7) is 0. The Balaban J connectivity index is 1.51. The van der Waals surface area contributed by atoms with Crippen molar-refractivity contribution in [1.82, 2.24) is 24.7 Å². The van der Waals surface area contributed by atoms with E-state index in [1.54, 1.807) is 12.1 Å². The summed E-state index contributed by atoms with van der Waals surface area (Å²) in [5.41, 5.74) is 12.7. The van der Waals surface area contributed by atoms with Gasteiger partial charge in [0.2, 0.25) is 5.95 Å². The molecule has 0 bridgehead atoms. The number of nitrogens with two attached hydrogens (primary N) is 2. The van der Waals surface area contributed by atoms with Crippen molar-refractivity contribution in [2.75, 3.05) is 10.7 Å². The minimum Gasteiger partial charge on any atom is -0.383 e. The van der Waals surface area contributed by atoms with Crippen molar-refractivity contribution < 1.29 is 25.9 Å². The Labute approximate surface area is 220 Å². The van der Waals surface area contributed by atoms with Crippen molar-refractivity contribution in [2.24, 2.45) is 10.8 Å². The van der Waals surface area contributed by atoms with Crippen LogP contribution >= 0.6 is 0 Å². The third-order valence-electron chi connectivity index (χ3n) is 5.61. The van der Waals surface area contributed by atoms with Crippen LogP contribution in [0.5, 0.6) is 0 Å². The fourth-order valence-electron chi connectivity index (χ4n) is 3.82. The number of anilines is 2. The highest BCUT2D eigenvalue weighted by Crippen LogP contribution is 2.26. The van der Waals surface area contributed by atoms with Crippen LogP contribution < -0.4 is 22.2 Å². The molecule has 202 valence electrons. The predicted molar refractivity (Wildman–Crippen MR) is 137 cm³/mol. The Morgan fingerprint density at radius 2 is 1.54 bits per heavy atom. The number of hydrogen-bond donors (Lipinski definition) is 5. The molecule has 0 saturated heterocycles. The highest BCUT2D eigenvalue weighted by Gasteiger charge is 2.29. The van der Waals surface area contributed by atoms with E-state index in [0.29, 0.717) is 16.8 Å². The van der Waals surface area contributed by atoms with Crippen LogP contribution in [-0.2, 0) is 20.2 Å². The number of H-pyrrole nitrogens is 1. The third-order valence-corrected chi connectivity index (χ3v) is 7.31. The molecule has 4 aromatic rings. The van der Waals surface area contributed by atoms with Crippen LogP contribution in [0.25, 0.3) is 17.2 Å². The molecular weight excluding hydrogens is 554 g/mol. The summed E-state index contributed by atoms with van der Waals surface area (Å²) >= 11 is 0. The van der Waals surface area contributed by atoms with Crippen molar-refractivity contribution in [3.05, 3.63) is 70.6 Å². The predicted octanol–water partition coefficient (Wildman–Crippen LogP) is -0.00760. The maximum absolute atomic E-state index is 12.4. The van der Waals surface area contributed by atoms with Crippen molar-refractivity contribution in [2.45, 2.75) is 22.4 Å². The van der Waals surface area contributed by atoms with E-state index in [-0.39, 0.29) is 39.6 Å². The fourth-order valence-corrected chi connectivity index (χ4v) is 4.87. The Hall–Kier alpha value is -4.49. The second-order valence-corrected chi connectivity index (χ2v) is 11.2. The van der Waals surface area contributed by atoms with Crippen LogP contribution in [-0.4, -0.2) is 62.6 Å². The first-order chi connectivity index (χ1) is 18.3. The average molecular weight is 574 g/mol. The summed E-state index contributed by atoms with van der Waals surface area (Å²) in [7, 11) is -8.90. The summed E-state index contributed by atoms with van der Waals surface area (Å²) in [6, 6.07) is 12.2. The molecule has 16 nitrogen and oxygen atoms in total. The molecule has 0 fully saturated rings. The van der Waals surface area contributed by atoms with Gasteiger partial charge >= 0.3 is 5.69 Å². The molecule has 1 atom stereocenters. The number of hydrogen-bond acceptors (Lipinski definition) is 12. The van der Waals surface area contributed by atoms with Gasteiger partial charge in [-0.05, 0) is 29.8 Å². The Morgan fingerprint density at radius 1 is 0.923 bits per heavy atom. The van der Waals surface area contributed by atoms with E-state index < -0.39 is 32.1 Å². The minimum atomic E-state index is -4.46. The molecule has 0 spiro atoms. The van der Waals surface area contributed by atoms with Gasteiger partial charge in [-0.25, -0.2) is 9.80 Å². The molecule has 5 rings (SSSR count). The summed E-state index contributed by atoms with van der Waals surface area (Å²) in [5, 5.41) is 9.80. The molecule has 3 heterocycles. The summed E-state index contributed by atoms with van der Waals surface area (Å²) in [6.07, 6.45) is -0.684. The molecule has 7 N–H and O–H groups in total. The molecule has 0 saturated carbocycles. The third kappa shape index (κ3) is 5.26. The quantitative estimate of drug-likeness (QED) is 0.190. The molecule has 0 amide bonds. The van der Waals surface area contributed by atoms with Crippen LogP contribution in [0.1, 0.15) is 12.0 Å². The van der Waals surface area contributed by atoms with E-state index in [2.05, 4.69) is 25.2 Å². The van der Waals surface area contributed by atoms with Crippen LogP contribution in [0.3, 0.4) is 0 Å². The number of aromatic nitrogens is 5. The minimum absolute atomic E-state index is 0.0273. The van der Waals surface area contributed by atoms with Gasteiger partial charge in [-0.3, -0.25) is 14.1 Å². The average Bonchev–Trinajstić information content (AvgIpc) is 3.45. The van der Waals surface area contributed by atoms with Gasteiger partial charge in [0.05, 0.1) is 21.2 Å². The Morgan fingerprint density at radius 3 is 2.18 bits per heavy atom. The summed E-state index contributed by atoms with van der Waals surface area (Å²) in [4.78, 5) is 22.2. The number of aromatic amines is 1.